The van der Waals surface area contributed by atoms with E-state index in [-0.39, 0.29) is 18.6 Å². The Morgan fingerprint density at radius 2 is 1.86 bits per heavy atom. The maximum Gasteiger partial charge on any atom is 0.404 e. The van der Waals surface area contributed by atoms with Gasteiger partial charge in [-0.15, -0.1) is 0 Å². The SMILES string of the molecule is COc1ccc2c(=O)n(CCNC(=O)O)c(CN(C)C)c(-c3ccccc3)c2c1. The fraction of sp³-hybridized carbons (Fsp3) is 0.273. The largest absolute Gasteiger partial charge is 0.497 e. The van der Waals surface area contributed by atoms with Gasteiger partial charge in [0.2, 0.25) is 0 Å². The number of nitrogens with zero attached hydrogens (tertiary/aromatic N) is 2. The van der Waals surface area contributed by atoms with Crippen LogP contribution in [0.15, 0.2) is 53.3 Å². The summed E-state index contributed by atoms with van der Waals surface area (Å²) in [4.78, 5) is 26.2. The van der Waals surface area contributed by atoms with Crippen LogP contribution in [0.2, 0.25) is 0 Å². The van der Waals surface area contributed by atoms with Gasteiger partial charge in [-0.3, -0.25) is 4.79 Å². The minimum atomic E-state index is -1.11. The molecule has 7 heteroatoms. The zero-order valence-electron chi connectivity index (χ0n) is 16.8. The fourth-order valence-electron chi connectivity index (χ4n) is 3.50. The molecule has 0 unspecified atom stereocenters. The Labute approximate surface area is 169 Å². The zero-order chi connectivity index (χ0) is 21.0. The lowest BCUT2D eigenvalue weighted by Gasteiger charge is -2.23. The van der Waals surface area contributed by atoms with E-state index in [1.165, 1.54) is 0 Å². The van der Waals surface area contributed by atoms with Gasteiger partial charge in [0, 0.05) is 41.7 Å². The van der Waals surface area contributed by atoms with Crippen molar-refractivity contribution in [3.8, 4) is 16.9 Å². The van der Waals surface area contributed by atoms with Crippen LogP contribution in [-0.4, -0.2) is 48.4 Å². The third kappa shape index (κ3) is 4.41. The lowest BCUT2D eigenvalue weighted by molar-refractivity contribution is 0.194. The molecule has 3 aromatic rings. The van der Waals surface area contributed by atoms with E-state index in [0.717, 1.165) is 22.2 Å². The van der Waals surface area contributed by atoms with E-state index in [1.54, 1.807) is 23.8 Å². The number of carboxylic acid groups (broad SMARTS) is 1. The van der Waals surface area contributed by atoms with Crippen LogP contribution in [0.25, 0.3) is 21.9 Å². The minimum absolute atomic E-state index is 0.144. The number of hydrogen-bond acceptors (Lipinski definition) is 4. The second-order valence-electron chi connectivity index (χ2n) is 7.03. The first-order valence-corrected chi connectivity index (χ1v) is 9.32. The first-order valence-electron chi connectivity index (χ1n) is 9.32. The summed E-state index contributed by atoms with van der Waals surface area (Å²) in [7, 11) is 5.48. The highest BCUT2D eigenvalue weighted by atomic mass is 16.5. The molecule has 1 heterocycles. The Morgan fingerprint density at radius 1 is 1.14 bits per heavy atom. The van der Waals surface area contributed by atoms with Crippen molar-refractivity contribution >= 4 is 16.9 Å². The number of amides is 1. The van der Waals surface area contributed by atoms with Crippen LogP contribution >= 0.6 is 0 Å². The summed E-state index contributed by atoms with van der Waals surface area (Å²) in [6.07, 6.45) is -1.11. The van der Waals surface area contributed by atoms with Crippen molar-refractivity contribution in [1.82, 2.24) is 14.8 Å². The number of pyridine rings is 1. The Balaban J connectivity index is 2.35. The van der Waals surface area contributed by atoms with Crippen molar-refractivity contribution in [1.29, 1.82) is 0 Å². The monoisotopic (exact) mass is 395 g/mol. The number of aromatic nitrogens is 1. The van der Waals surface area contributed by atoms with Gasteiger partial charge in [-0.2, -0.15) is 0 Å². The molecule has 0 fully saturated rings. The van der Waals surface area contributed by atoms with Crippen molar-refractivity contribution in [2.45, 2.75) is 13.1 Å². The Bertz CT molecular complexity index is 1070. The molecule has 0 saturated heterocycles. The van der Waals surface area contributed by atoms with Crippen LogP contribution in [0.5, 0.6) is 5.75 Å². The van der Waals surface area contributed by atoms with Crippen molar-refractivity contribution in [2.75, 3.05) is 27.7 Å². The van der Waals surface area contributed by atoms with Crippen LogP contribution < -0.4 is 15.6 Å². The molecule has 29 heavy (non-hydrogen) atoms. The number of benzene rings is 2. The lowest BCUT2D eigenvalue weighted by Crippen LogP contribution is -2.33. The highest BCUT2D eigenvalue weighted by molar-refractivity contribution is 5.98. The van der Waals surface area contributed by atoms with Gasteiger partial charge in [-0.1, -0.05) is 30.3 Å². The maximum absolute atomic E-state index is 13.3. The summed E-state index contributed by atoms with van der Waals surface area (Å²) in [5.41, 5.74) is 2.62. The average molecular weight is 395 g/mol. The molecule has 0 bridgehead atoms. The van der Waals surface area contributed by atoms with Crippen LogP contribution in [0.3, 0.4) is 0 Å². The van der Waals surface area contributed by atoms with Crippen molar-refractivity contribution in [2.24, 2.45) is 0 Å². The summed E-state index contributed by atoms with van der Waals surface area (Å²) < 4.78 is 7.07. The van der Waals surface area contributed by atoms with Gasteiger partial charge < -0.3 is 24.6 Å². The third-order valence-corrected chi connectivity index (χ3v) is 4.73. The third-order valence-electron chi connectivity index (χ3n) is 4.73. The average Bonchev–Trinajstić information content (AvgIpc) is 2.70. The smallest absolute Gasteiger partial charge is 0.404 e. The van der Waals surface area contributed by atoms with Gasteiger partial charge in [0.05, 0.1) is 7.11 Å². The molecule has 1 aromatic heterocycles. The fourth-order valence-corrected chi connectivity index (χ4v) is 3.50. The number of rotatable bonds is 7. The first-order chi connectivity index (χ1) is 13.9. The molecule has 0 spiro atoms. The number of carbonyl (C=O) groups is 1. The number of fused-ring (bicyclic) bond motifs is 1. The Kier molecular flexibility index (Phi) is 6.19. The second-order valence-corrected chi connectivity index (χ2v) is 7.03. The van der Waals surface area contributed by atoms with Gasteiger partial charge in [0.1, 0.15) is 5.75 Å². The van der Waals surface area contributed by atoms with Crippen LogP contribution in [0.4, 0.5) is 4.79 Å². The van der Waals surface area contributed by atoms with E-state index in [9.17, 15) is 9.59 Å². The van der Waals surface area contributed by atoms with E-state index in [0.29, 0.717) is 17.7 Å². The van der Waals surface area contributed by atoms with E-state index < -0.39 is 6.09 Å². The van der Waals surface area contributed by atoms with E-state index in [1.807, 2.05) is 55.4 Å². The van der Waals surface area contributed by atoms with Gasteiger partial charge in [-0.25, -0.2) is 4.79 Å². The standard InChI is InChI=1S/C22H25N3O4/c1-24(2)14-19-20(15-7-5-4-6-8-15)18-13-16(29-3)9-10-17(18)21(26)25(19)12-11-23-22(27)28/h4-10,13,23H,11-12,14H2,1-3H3,(H,27,28). The summed E-state index contributed by atoms with van der Waals surface area (Å²) in [5.74, 6) is 0.676. The van der Waals surface area contributed by atoms with Crippen molar-refractivity contribution in [3.05, 3.63) is 64.6 Å². The van der Waals surface area contributed by atoms with E-state index in [2.05, 4.69) is 5.32 Å². The quantitative estimate of drug-likeness (QED) is 0.643. The van der Waals surface area contributed by atoms with Gasteiger partial charge >= 0.3 is 6.09 Å². The molecule has 1 amide bonds. The topological polar surface area (TPSA) is 83.8 Å². The summed E-state index contributed by atoms with van der Waals surface area (Å²) in [5, 5.41) is 12.7. The molecule has 2 N–H and O–H groups in total. The highest BCUT2D eigenvalue weighted by Gasteiger charge is 2.19. The van der Waals surface area contributed by atoms with Gasteiger partial charge in [0.15, 0.2) is 0 Å². The molecular weight excluding hydrogens is 370 g/mol. The van der Waals surface area contributed by atoms with Crippen molar-refractivity contribution in [3.63, 3.8) is 0 Å². The zero-order valence-corrected chi connectivity index (χ0v) is 16.8. The predicted octanol–water partition coefficient (Wildman–Crippen LogP) is 3.01. The molecule has 0 atom stereocenters. The summed E-state index contributed by atoms with van der Waals surface area (Å²) in [6.45, 7) is 0.918. The van der Waals surface area contributed by atoms with E-state index in [4.69, 9.17) is 9.84 Å². The molecule has 2 aromatic carbocycles. The van der Waals surface area contributed by atoms with Crippen molar-refractivity contribution < 1.29 is 14.6 Å². The maximum atomic E-state index is 13.3. The molecule has 0 aliphatic rings. The molecule has 7 nitrogen and oxygen atoms in total. The molecule has 0 radical (unpaired) electrons. The molecule has 152 valence electrons. The van der Waals surface area contributed by atoms with Gasteiger partial charge in [-0.05, 0) is 37.9 Å². The van der Waals surface area contributed by atoms with Crippen LogP contribution in [0.1, 0.15) is 5.69 Å². The molecule has 0 aliphatic carbocycles. The van der Waals surface area contributed by atoms with E-state index >= 15 is 0 Å². The number of nitrogens with one attached hydrogen (secondary N) is 1. The molecule has 0 saturated carbocycles. The van der Waals surface area contributed by atoms with Crippen LogP contribution in [-0.2, 0) is 13.1 Å². The Morgan fingerprint density at radius 3 is 2.48 bits per heavy atom. The lowest BCUT2D eigenvalue weighted by atomic mass is 9.96. The van der Waals surface area contributed by atoms with Gasteiger partial charge in [0.25, 0.3) is 5.56 Å². The second kappa shape index (κ2) is 8.79. The number of methoxy groups -OCH3 is 1. The first kappa shape index (κ1) is 20.4. The van der Waals surface area contributed by atoms with Crippen LogP contribution in [0, 0.1) is 0 Å². The highest BCUT2D eigenvalue weighted by Crippen LogP contribution is 2.33. The molecule has 0 aliphatic heterocycles. The number of hydrogen-bond donors (Lipinski definition) is 2. The molecular formula is C22H25N3O4. The molecule has 3 rings (SSSR count). The normalized spacial score (nSPS) is 11.0. The minimum Gasteiger partial charge on any atom is -0.497 e. The Hall–Kier alpha value is -3.32. The summed E-state index contributed by atoms with van der Waals surface area (Å²) >= 11 is 0. The predicted molar refractivity (Wildman–Crippen MR) is 114 cm³/mol. The number of ether oxygens (including phenoxy) is 1. The summed E-state index contributed by atoms with van der Waals surface area (Å²) in [6, 6.07) is 15.3.